The molecule has 1 aliphatic heterocycles. The van der Waals surface area contributed by atoms with E-state index in [1.165, 1.54) is 11.6 Å². The van der Waals surface area contributed by atoms with Gasteiger partial charge in [0, 0.05) is 54.4 Å². The van der Waals surface area contributed by atoms with Gasteiger partial charge in [-0.05, 0) is 30.7 Å². The van der Waals surface area contributed by atoms with Gasteiger partial charge in [-0.3, -0.25) is 19.8 Å². The van der Waals surface area contributed by atoms with Crippen LogP contribution in [-0.4, -0.2) is 46.8 Å². The van der Waals surface area contributed by atoms with E-state index in [4.69, 9.17) is 0 Å². The lowest BCUT2D eigenvalue weighted by Gasteiger charge is -2.35. The number of hydrogen-bond donors (Lipinski definition) is 0. The van der Waals surface area contributed by atoms with Crippen LogP contribution < -0.4 is 0 Å². The zero-order chi connectivity index (χ0) is 18.7. The van der Waals surface area contributed by atoms with Gasteiger partial charge in [0.25, 0.3) is 11.6 Å². The zero-order valence-electron chi connectivity index (χ0n) is 14.5. The number of rotatable bonds is 4. The van der Waals surface area contributed by atoms with Crippen LogP contribution in [0.5, 0.6) is 0 Å². The van der Waals surface area contributed by atoms with Gasteiger partial charge in [0.1, 0.15) is 0 Å². The number of hydrogen-bond acceptors (Lipinski definition) is 4. The minimum Gasteiger partial charge on any atom is -0.336 e. The van der Waals surface area contributed by atoms with Crippen LogP contribution in [0.15, 0.2) is 46.9 Å². The van der Waals surface area contributed by atoms with Crippen LogP contribution in [0, 0.1) is 17.0 Å². The van der Waals surface area contributed by atoms with Crippen molar-refractivity contribution >= 4 is 27.5 Å². The van der Waals surface area contributed by atoms with E-state index in [-0.39, 0.29) is 11.6 Å². The molecule has 7 heteroatoms. The van der Waals surface area contributed by atoms with E-state index in [9.17, 15) is 14.9 Å². The number of nitrogens with zero attached hydrogens (tertiary/aromatic N) is 3. The van der Waals surface area contributed by atoms with Gasteiger partial charge in [0.2, 0.25) is 0 Å². The molecule has 6 nitrogen and oxygen atoms in total. The van der Waals surface area contributed by atoms with Crippen molar-refractivity contribution in [2.45, 2.75) is 13.5 Å². The van der Waals surface area contributed by atoms with Crippen molar-refractivity contribution in [3.8, 4) is 0 Å². The average Bonchev–Trinajstić information content (AvgIpc) is 2.63. The average molecular weight is 418 g/mol. The summed E-state index contributed by atoms with van der Waals surface area (Å²) < 4.78 is 1.10. The summed E-state index contributed by atoms with van der Waals surface area (Å²) in [5, 5.41) is 10.9. The highest BCUT2D eigenvalue weighted by Gasteiger charge is 2.23. The van der Waals surface area contributed by atoms with E-state index in [0.29, 0.717) is 24.2 Å². The normalized spacial score (nSPS) is 15.1. The molecule has 1 aliphatic rings. The lowest BCUT2D eigenvalue weighted by Crippen LogP contribution is -2.48. The van der Waals surface area contributed by atoms with Gasteiger partial charge in [0.15, 0.2) is 0 Å². The van der Waals surface area contributed by atoms with Gasteiger partial charge in [-0.15, -0.1) is 0 Å². The molecule has 26 heavy (non-hydrogen) atoms. The summed E-state index contributed by atoms with van der Waals surface area (Å²) in [4.78, 5) is 27.3. The molecule has 0 atom stereocenters. The number of benzene rings is 2. The number of nitro benzene ring substituents is 1. The summed E-state index contributed by atoms with van der Waals surface area (Å²) in [6, 6.07) is 12.7. The van der Waals surface area contributed by atoms with E-state index in [0.717, 1.165) is 24.1 Å². The SMILES string of the molecule is Cc1cc(C(=O)N2CCN(Cc3ccccc3Br)CC2)ccc1[N+](=O)[O-]. The lowest BCUT2D eigenvalue weighted by molar-refractivity contribution is -0.385. The third-order valence-corrected chi connectivity index (χ3v) is 5.43. The molecule has 1 heterocycles. The lowest BCUT2D eigenvalue weighted by atomic mass is 10.1. The first-order valence-electron chi connectivity index (χ1n) is 8.46. The summed E-state index contributed by atoms with van der Waals surface area (Å²) in [5.41, 5.74) is 2.29. The molecule has 136 valence electrons. The Balaban J connectivity index is 1.61. The van der Waals surface area contributed by atoms with Crippen molar-refractivity contribution in [2.24, 2.45) is 0 Å². The molecule has 0 radical (unpaired) electrons. The number of carbonyl (C=O) groups excluding carboxylic acids is 1. The number of carbonyl (C=O) groups is 1. The largest absolute Gasteiger partial charge is 0.336 e. The molecule has 0 bridgehead atoms. The van der Waals surface area contributed by atoms with Crippen LogP contribution >= 0.6 is 15.9 Å². The van der Waals surface area contributed by atoms with Gasteiger partial charge in [0.05, 0.1) is 4.92 Å². The third-order valence-electron chi connectivity index (χ3n) is 4.65. The second-order valence-corrected chi connectivity index (χ2v) is 7.27. The van der Waals surface area contributed by atoms with Crippen molar-refractivity contribution in [1.82, 2.24) is 9.80 Å². The highest BCUT2D eigenvalue weighted by molar-refractivity contribution is 9.10. The van der Waals surface area contributed by atoms with Gasteiger partial charge in [-0.25, -0.2) is 0 Å². The number of amides is 1. The van der Waals surface area contributed by atoms with Crippen molar-refractivity contribution in [3.05, 3.63) is 73.7 Å². The maximum Gasteiger partial charge on any atom is 0.272 e. The van der Waals surface area contributed by atoms with Crippen molar-refractivity contribution in [1.29, 1.82) is 0 Å². The Hall–Kier alpha value is -2.25. The van der Waals surface area contributed by atoms with Crippen molar-refractivity contribution in [2.75, 3.05) is 26.2 Å². The van der Waals surface area contributed by atoms with Crippen LogP contribution in [0.3, 0.4) is 0 Å². The minimum atomic E-state index is -0.427. The van der Waals surface area contributed by atoms with Crippen molar-refractivity contribution in [3.63, 3.8) is 0 Å². The van der Waals surface area contributed by atoms with Crippen LogP contribution in [0.2, 0.25) is 0 Å². The molecule has 0 unspecified atom stereocenters. The first-order chi connectivity index (χ1) is 12.5. The van der Waals surface area contributed by atoms with Gasteiger partial charge < -0.3 is 4.90 Å². The Labute approximate surface area is 160 Å². The van der Waals surface area contributed by atoms with Gasteiger partial charge in [-0.2, -0.15) is 0 Å². The molecule has 3 rings (SSSR count). The molecule has 0 spiro atoms. The van der Waals surface area contributed by atoms with E-state index in [1.807, 2.05) is 23.1 Å². The fourth-order valence-electron chi connectivity index (χ4n) is 3.15. The van der Waals surface area contributed by atoms with Crippen LogP contribution in [0.4, 0.5) is 5.69 Å². The summed E-state index contributed by atoms with van der Waals surface area (Å²) in [5.74, 6) is -0.0662. The first-order valence-corrected chi connectivity index (χ1v) is 9.25. The number of aryl methyl sites for hydroxylation is 1. The quantitative estimate of drug-likeness (QED) is 0.562. The van der Waals surface area contributed by atoms with Gasteiger partial charge in [-0.1, -0.05) is 34.1 Å². The molecule has 1 saturated heterocycles. The Morgan fingerprint density at radius 1 is 1.15 bits per heavy atom. The predicted molar refractivity (Wildman–Crippen MR) is 103 cm³/mol. The Bertz CT molecular complexity index is 833. The fourth-order valence-corrected chi connectivity index (χ4v) is 3.56. The van der Waals surface area contributed by atoms with Crippen LogP contribution in [0.25, 0.3) is 0 Å². The Kier molecular flexibility index (Phi) is 5.68. The molecule has 1 fully saturated rings. The van der Waals surface area contributed by atoms with E-state index >= 15 is 0 Å². The van der Waals surface area contributed by atoms with E-state index in [1.54, 1.807) is 19.1 Å². The molecule has 0 aliphatic carbocycles. The third kappa shape index (κ3) is 4.11. The molecule has 2 aromatic rings. The Morgan fingerprint density at radius 3 is 2.46 bits per heavy atom. The molecule has 2 aromatic carbocycles. The highest BCUT2D eigenvalue weighted by atomic mass is 79.9. The molecular weight excluding hydrogens is 398 g/mol. The van der Waals surface area contributed by atoms with E-state index < -0.39 is 4.92 Å². The molecular formula is C19H20BrN3O3. The Morgan fingerprint density at radius 2 is 1.85 bits per heavy atom. The molecule has 0 aromatic heterocycles. The summed E-state index contributed by atoms with van der Waals surface area (Å²) in [7, 11) is 0. The highest BCUT2D eigenvalue weighted by Crippen LogP contribution is 2.21. The maximum absolute atomic E-state index is 12.7. The smallest absolute Gasteiger partial charge is 0.272 e. The molecule has 0 N–H and O–H groups in total. The molecule has 1 amide bonds. The number of nitro groups is 1. The summed E-state index contributed by atoms with van der Waals surface area (Å²) in [6.07, 6.45) is 0. The fraction of sp³-hybridized carbons (Fsp3) is 0.316. The van der Waals surface area contributed by atoms with Crippen LogP contribution in [0.1, 0.15) is 21.5 Å². The monoisotopic (exact) mass is 417 g/mol. The zero-order valence-corrected chi connectivity index (χ0v) is 16.1. The van der Waals surface area contributed by atoms with Crippen molar-refractivity contribution < 1.29 is 9.72 Å². The topological polar surface area (TPSA) is 66.7 Å². The first kappa shape index (κ1) is 18.5. The predicted octanol–water partition coefficient (Wildman–Crippen LogP) is 3.62. The minimum absolute atomic E-state index is 0.0415. The van der Waals surface area contributed by atoms with E-state index in [2.05, 4.69) is 26.9 Å². The summed E-state index contributed by atoms with van der Waals surface area (Å²) >= 11 is 3.57. The standard InChI is InChI=1S/C19H20BrN3O3/c1-14-12-15(6-7-18(14)23(25)26)19(24)22-10-8-21(9-11-22)13-16-4-2-3-5-17(16)20/h2-7,12H,8-11,13H2,1H3. The summed E-state index contributed by atoms with van der Waals surface area (Å²) in [6.45, 7) is 5.42. The number of halogens is 1. The van der Waals surface area contributed by atoms with Crippen LogP contribution in [-0.2, 0) is 6.54 Å². The maximum atomic E-state index is 12.7. The van der Waals surface area contributed by atoms with Gasteiger partial charge >= 0.3 is 0 Å². The molecule has 0 saturated carbocycles. The number of piperazine rings is 1. The second-order valence-electron chi connectivity index (χ2n) is 6.42. The second kappa shape index (κ2) is 7.97.